The van der Waals surface area contributed by atoms with Crippen LogP contribution in [0.1, 0.15) is 45.4 Å². The van der Waals surface area contributed by atoms with Gasteiger partial charge in [-0.25, -0.2) is 0 Å². The number of carboxylic acids is 2. The second kappa shape index (κ2) is 12.9. The normalized spacial score (nSPS) is 11.2. The highest BCUT2D eigenvalue weighted by Gasteiger charge is 1.99. The van der Waals surface area contributed by atoms with E-state index in [0.29, 0.717) is 19.3 Å². The molecule has 102 valence electrons. The molecule has 0 saturated heterocycles. The fourth-order valence-corrected chi connectivity index (χ4v) is 0.977. The van der Waals surface area contributed by atoms with Crippen molar-refractivity contribution in [3.05, 3.63) is 0 Å². The van der Waals surface area contributed by atoms with Gasteiger partial charge in [-0.1, -0.05) is 13.3 Å². The fourth-order valence-electron chi connectivity index (χ4n) is 0.977. The molecule has 0 aliphatic rings. The van der Waals surface area contributed by atoms with Crippen LogP contribution >= 0.6 is 0 Å². The maximum Gasteiger partial charge on any atom is 0.303 e. The Kier molecular flexibility index (Phi) is 13.9. The molecule has 0 radical (unpaired) electrons. The van der Waals surface area contributed by atoms with E-state index in [2.05, 4.69) is 0 Å². The highest BCUT2D eigenvalue weighted by molar-refractivity contribution is 5.67. The zero-order valence-electron chi connectivity index (χ0n) is 10.1. The van der Waals surface area contributed by atoms with Gasteiger partial charge in [-0.15, -0.1) is 0 Å². The molecule has 0 fully saturated rings. The number of rotatable bonds is 8. The van der Waals surface area contributed by atoms with E-state index in [1.54, 1.807) is 0 Å². The molecule has 0 aromatic heterocycles. The lowest BCUT2D eigenvalue weighted by Gasteiger charge is -2.01. The third-order valence-electron chi connectivity index (χ3n) is 1.86. The van der Waals surface area contributed by atoms with Crippen molar-refractivity contribution in [2.45, 2.75) is 51.6 Å². The van der Waals surface area contributed by atoms with Crippen molar-refractivity contribution in [2.24, 2.45) is 0 Å². The van der Waals surface area contributed by atoms with Crippen LogP contribution < -0.4 is 0 Å². The first-order chi connectivity index (χ1) is 7.93. The van der Waals surface area contributed by atoms with Crippen LogP contribution in [0.4, 0.5) is 0 Å². The minimum Gasteiger partial charge on any atom is -0.481 e. The van der Waals surface area contributed by atoms with Gasteiger partial charge >= 0.3 is 11.9 Å². The van der Waals surface area contributed by atoms with Crippen LogP contribution in [0.3, 0.4) is 0 Å². The quantitative estimate of drug-likeness (QED) is 0.475. The Morgan fingerprint density at radius 1 is 1.06 bits per heavy atom. The Morgan fingerprint density at radius 3 is 1.65 bits per heavy atom. The molecule has 1 unspecified atom stereocenters. The molecule has 0 amide bonds. The first-order valence-corrected chi connectivity index (χ1v) is 5.66. The molecule has 6 nitrogen and oxygen atoms in total. The largest absolute Gasteiger partial charge is 0.481 e. The number of unbranched alkanes of at least 4 members (excludes halogenated alkanes) is 1. The van der Waals surface area contributed by atoms with Crippen molar-refractivity contribution < 1.29 is 30.0 Å². The summed E-state index contributed by atoms with van der Waals surface area (Å²) in [5.41, 5.74) is 0. The maximum absolute atomic E-state index is 9.90. The van der Waals surface area contributed by atoms with Gasteiger partial charge in [-0.3, -0.25) is 9.59 Å². The molecule has 0 spiro atoms. The summed E-state index contributed by atoms with van der Waals surface area (Å²) in [6.45, 7) is 1.87. The SMILES string of the molecule is CCCC(O)CO.O=C(O)CCCCC(=O)O. The van der Waals surface area contributed by atoms with E-state index in [1.165, 1.54) is 0 Å². The average molecular weight is 250 g/mol. The molecule has 0 aromatic carbocycles. The topological polar surface area (TPSA) is 115 Å². The zero-order chi connectivity index (χ0) is 13.7. The summed E-state index contributed by atoms with van der Waals surface area (Å²) in [5, 5.41) is 33.1. The van der Waals surface area contributed by atoms with Crippen LogP contribution in [0.2, 0.25) is 0 Å². The highest BCUT2D eigenvalue weighted by atomic mass is 16.4. The molecule has 6 heteroatoms. The van der Waals surface area contributed by atoms with E-state index in [1.807, 2.05) is 6.92 Å². The second-order valence-corrected chi connectivity index (χ2v) is 3.62. The first kappa shape index (κ1) is 18.2. The monoisotopic (exact) mass is 250 g/mol. The second-order valence-electron chi connectivity index (χ2n) is 3.62. The fraction of sp³-hybridized carbons (Fsp3) is 0.818. The minimum absolute atomic E-state index is 0.0628. The number of aliphatic hydroxyl groups is 2. The molecule has 0 aliphatic heterocycles. The number of carbonyl (C=O) groups is 2. The van der Waals surface area contributed by atoms with Crippen molar-refractivity contribution in [1.29, 1.82) is 0 Å². The number of aliphatic carboxylic acids is 2. The van der Waals surface area contributed by atoms with E-state index in [4.69, 9.17) is 20.4 Å². The van der Waals surface area contributed by atoms with Crippen LogP contribution in [-0.2, 0) is 9.59 Å². The minimum atomic E-state index is -0.870. The van der Waals surface area contributed by atoms with Crippen molar-refractivity contribution in [1.82, 2.24) is 0 Å². The van der Waals surface area contributed by atoms with Gasteiger partial charge in [-0.2, -0.15) is 0 Å². The van der Waals surface area contributed by atoms with Crippen molar-refractivity contribution in [3.8, 4) is 0 Å². The van der Waals surface area contributed by atoms with Gasteiger partial charge in [0.15, 0.2) is 0 Å². The molecule has 17 heavy (non-hydrogen) atoms. The number of hydrogen-bond acceptors (Lipinski definition) is 4. The van der Waals surface area contributed by atoms with Crippen LogP contribution in [0.25, 0.3) is 0 Å². The van der Waals surface area contributed by atoms with Crippen molar-refractivity contribution in [2.75, 3.05) is 6.61 Å². The van der Waals surface area contributed by atoms with E-state index in [-0.39, 0.29) is 19.4 Å². The van der Waals surface area contributed by atoms with Crippen molar-refractivity contribution in [3.63, 3.8) is 0 Å². The number of carboxylic acid groups (broad SMARTS) is 2. The molecular weight excluding hydrogens is 228 g/mol. The van der Waals surface area contributed by atoms with Gasteiger partial charge in [0.05, 0.1) is 12.7 Å². The van der Waals surface area contributed by atoms with Gasteiger partial charge in [0.25, 0.3) is 0 Å². The predicted octanol–water partition coefficient (Wildman–Crippen LogP) is 0.856. The lowest BCUT2D eigenvalue weighted by molar-refractivity contribution is -0.139. The van der Waals surface area contributed by atoms with Crippen molar-refractivity contribution >= 4 is 11.9 Å². The van der Waals surface area contributed by atoms with Crippen LogP contribution in [0.5, 0.6) is 0 Å². The van der Waals surface area contributed by atoms with Gasteiger partial charge in [0.2, 0.25) is 0 Å². The Hall–Kier alpha value is -1.14. The van der Waals surface area contributed by atoms with E-state index in [0.717, 1.165) is 6.42 Å². The average Bonchev–Trinajstić information content (AvgIpc) is 2.25. The van der Waals surface area contributed by atoms with E-state index in [9.17, 15) is 9.59 Å². The summed E-state index contributed by atoms with van der Waals surface area (Å²) in [6.07, 6.45) is 2.16. The standard InChI is InChI=1S/C6H10O4.C5H12O2/c7-5(8)3-1-2-4-6(9)10;1-2-3-5(7)4-6/h1-4H2,(H,7,8)(H,9,10);5-7H,2-4H2,1H3. The van der Waals surface area contributed by atoms with Crippen LogP contribution in [0.15, 0.2) is 0 Å². The Balaban J connectivity index is 0. The molecule has 1 atom stereocenters. The molecule has 0 aliphatic carbocycles. The number of aliphatic hydroxyl groups excluding tert-OH is 2. The molecule has 0 bridgehead atoms. The van der Waals surface area contributed by atoms with Gasteiger partial charge < -0.3 is 20.4 Å². The summed E-state index contributed by atoms with van der Waals surface area (Å²) < 4.78 is 0. The molecule has 0 aromatic rings. The first-order valence-electron chi connectivity index (χ1n) is 5.66. The summed E-state index contributed by atoms with van der Waals surface area (Å²) in [4.78, 5) is 19.8. The van der Waals surface area contributed by atoms with E-state index < -0.39 is 18.0 Å². The Labute approximate surface area is 101 Å². The molecule has 4 N–H and O–H groups in total. The molecule has 0 rings (SSSR count). The van der Waals surface area contributed by atoms with Crippen LogP contribution in [0, 0.1) is 0 Å². The van der Waals surface area contributed by atoms with Gasteiger partial charge in [-0.05, 0) is 19.3 Å². The third kappa shape index (κ3) is 20.8. The van der Waals surface area contributed by atoms with Crippen LogP contribution in [-0.4, -0.2) is 45.1 Å². The summed E-state index contributed by atoms with van der Waals surface area (Å²) >= 11 is 0. The summed E-state index contributed by atoms with van der Waals surface area (Å²) in [5.74, 6) is -1.74. The Morgan fingerprint density at radius 2 is 1.47 bits per heavy atom. The summed E-state index contributed by atoms with van der Waals surface area (Å²) in [6, 6.07) is 0. The maximum atomic E-state index is 9.90. The molecular formula is C11H22O6. The smallest absolute Gasteiger partial charge is 0.303 e. The van der Waals surface area contributed by atoms with E-state index >= 15 is 0 Å². The lowest BCUT2D eigenvalue weighted by Crippen LogP contribution is -2.10. The third-order valence-corrected chi connectivity index (χ3v) is 1.86. The highest BCUT2D eigenvalue weighted by Crippen LogP contribution is 1.98. The zero-order valence-corrected chi connectivity index (χ0v) is 10.1. The predicted molar refractivity (Wildman–Crippen MR) is 61.7 cm³/mol. The van der Waals surface area contributed by atoms with Gasteiger partial charge in [0, 0.05) is 12.8 Å². The Bertz CT molecular complexity index is 188. The number of hydrogen-bond donors (Lipinski definition) is 4. The molecule has 0 saturated carbocycles. The van der Waals surface area contributed by atoms with Gasteiger partial charge in [0.1, 0.15) is 0 Å². The lowest BCUT2D eigenvalue weighted by atomic mass is 10.2. The summed E-state index contributed by atoms with van der Waals surface area (Å²) in [7, 11) is 0. The molecule has 0 heterocycles.